The first-order valence-corrected chi connectivity index (χ1v) is 8.21. The van der Waals surface area contributed by atoms with Crippen molar-refractivity contribution in [2.24, 2.45) is 0 Å². The number of hydrogen-bond donors (Lipinski definition) is 2. The third kappa shape index (κ3) is 5.11. The maximum absolute atomic E-state index is 12.7. The van der Waals surface area contributed by atoms with Crippen LogP contribution in [0.5, 0.6) is 5.75 Å². The van der Waals surface area contributed by atoms with Gasteiger partial charge in [0.05, 0.1) is 19.3 Å². The number of para-hydroxylation sites is 1. The van der Waals surface area contributed by atoms with Gasteiger partial charge in [0.15, 0.2) is 0 Å². The van der Waals surface area contributed by atoms with Gasteiger partial charge in [-0.3, -0.25) is 9.59 Å². The highest BCUT2D eigenvalue weighted by molar-refractivity contribution is 5.97. The van der Waals surface area contributed by atoms with E-state index in [1.54, 1.807) is 36.3 Å². The second kappa shape index (κ2) is 9.27. The van der Waals surface area contributed by atoms with Crippen LogP contribution in [0, 0.1) is 0 Å². The first-order chi connectivity index (χ1) is 12.5. The molecule has 26 heavy (non-hydrogen) atoms. The van der Waals surface area contributed by atoms with Crippen molar-refractivity contribution in [3.8, 4) is 5.75 Å². The topological polar surface area (TPSA) is 70.7 Å². The fourth-order valence-electron chi connectivity index (χ4n) is 2.48. The minimum Gasteiger partial charge on any atom is -0.495 e. The van der Waals surface area contributed by atoms with Crippen LogP contribution in [0.4, 0.5) is 17.1 Å². The van der Waals surface area contributed by atoms with E-state index >= 15 is 0 Å². The predicted molar refractivity (Wildman–Crippen MR) is 105 cm³/mol. The Bertz CT molecular complexity index is 775. The lowest BCUT2D eigenvalue weighted by molar-refractivity contribution is -0.117. The molecule has 2 N–H and O–H groups in total. The van der Waals surface area contributed by atoms with Crippen LogP contribution in [-0.2, 0) is 9.59 Å². The molecular formula is C20H23N3O3. The molecule has 0 aliphatic rings. The summed E-state index contributed by atoms with van der Waals surface area (Å²) in [5.74, 6) is 0.309. The number of amides is 2. The van der Waals surface area contributed by atoms with Crippen molar-refractivity contribution in [1.82, 2.24) is 0 Å². The Morgan fingerprint density at radius 2 is 1.92 bits per heavy atom. The second-order valence-electron chi connectivity index (χ2n) is 5.58. The Balaban J connectivity index is 2.14. The number of benzene rings is 2. The summed E-state index contributed by atoms with van der Waals surface area (Å²) in [7, 11) is 1.55. The van der Waals surface area contributed by atoms with E-state index in [-0.39, 0.29) is 18.4 Å². The Hall–Kier alpha value is -3.28. The maximum Gasteiger partial charge on any atom is 0.246 e. The molecule has 0 saturated carbocycles. The molecule has 0 fully saturated rings. The van der Waals surface area contributed by atoms with E-state index in [2.05, 4.69) is 17.2 Å². The van der Waals surface area contributed by atoms with Crippen molar-refractivity contribution in [3.05, 3.63) is 61.2 Å². The summed E-state index contributed by atoms with van der Waals surface area (Å²) >= 11 is 0. The molecule has 0 bridgehead atoms. The van der Waals surface area contributed by atoms with Gasteiger partial charge in [-0.2, -0.15) is 0 Å². The number of anilines is 3. The fraction of sp³-hybridized carbons (Fsp3) is 0.200. The number of nitrogens with zero attached hydrogens (tertiary/aromatic N) is 1. The van der Waals surface area contributed by atoms with E-state index in [1.165, 1.54) is 6.92 Å². The van der Waals surface area contributed by atoms with Gasteiger partial charge >= 0.3 is 0 Å². The standard InChI is InChI=1S/C20H23N3O3/c1-4-12-23(17-8-6-5-7-9-17)20(25)14-21-18-13-16(22-15(2)24)10-11-19(18)26-3/h4-11,13,21H,1,12,14H2,2-3H3,(H,22,24). The molecule has 0 heterocycles. The van der Waals surface area contributed by atoms with Crippen LogP contribution in [0.25, 0.3) is 0 Å². The molecule has 2 aromatic carbocycles. The van der Waals surface area contributed by atoms with Crippen LogP contribution in [0.15, 0.2) is 61.2 Å². The first kappa shape index (κ1) is 19.1. The lowest BCUT2D eigenvalue weighted by Crippen LogP contribution is -2.35. The van der Waals surface area contributed by atoms with E-state index in [0.717, 1.165) is 5.69 Å². The predicted octanol–water partition coefficient (Wildman–Crippen LogP) is 3.28. The van der Waals surface area contributed by atoms with Gasteiger partial charge in [0.25, 0.3) is 0 Å². The molecule has 136 valence electrons. The number of ether oxygens (including phenoxy) is 1. The van der Waals surface area contributed by atoms with Crippen LogP contribution in [0.2, 0.25) is 0 Å². The number of hydrogen-bond acceptors (Lipinski definition) is 4. The van der Waals surface area contributed by atoms with Gasteiger partial charge in [0, 0.05) is 24.8 Å². The summed E-state index contributed by atoms with van der Waals surface area (Å²) in [5.41, 5.74) is 2.05. The summed E-state index contributed by atoms with van der Waals surface area (Å²) < 4.78 is 5.31. The molecule has 0 aliphatic heterocycles. The number of carbonyl (C=O) groups excluding carboxylic acids is 2. The fourth-order valence-corrected chi connectivity index (χ4v) is 2.48. The zero-order valence-electron chi connectivity index (χ0n) is 15.0. The molecule has 0 aliphatic carbocycles. The van der Waals surface area contributed by atoms with Crippen LogP contribution >= 0.6 is 0 Å². The minimum atomic E-state index is -0.168. The molecule has 0 atom stereocenters. The number of carbonyl (C=O) groups is 2. The molecular weight excluding hydrogens is 330 g/mol. The highest BCUT2D eigenvalue weighted by atomic mass is 16.5. The van der Waals surface area contributed by atoms with Gasteiger partial charge in [-0.25, -0.2) is 0 Å². The molecule has 2 aromatic rings. The van der Waals surface area contributed by atoms with Crippen LogP contribution in [-0.4, -0.2) is 32.0 Å². The molecule has 0 spiro atoms. The molecule has 0 aromatic heterocycles. The van der Waals surface area contributed by atoms with Gasteiger partial charge in [-0.05, 0) is 30.3 Å². The normalized spacial score (nSPS) is 9.92. The molecule has 6 heteroatoms. The quantitative estimate of drug-likeness (QED) is 0.715. The summed E-state index contributed by atoms with van der Waals surface area (Å²) in [6, 6.07) is 14.6. The van der Waals surface area contributed by atoms with Gasteiger partial charge in [-0.15, -0.1) is 6.58 Å². The smallest absolute Gasteiger partial charge is 0.246 e. The average Bonchev–Trinajstić information content (AvgIpc) is 2.64. The summed E-state index contributed by atoms with van der Waals surface area (Å²) in [6.45, 7) is 5.64. The lowest BCUT2D eigenvalue weighted by atomic mass is 10.2. The van der Waals surface area contributed by atoms with Crippen molar-refractivity contribution in [1.29, 1.82) is 0 Å². The van der Waals surface area contributed by atoms with E-state index in [9.17, 15) is 9.59 Å². The Morgan fingerprint density at radius 3 is 2.54 bits per heavy atom. The molecule has 2 rings (SSSR count). The van der Waals surface area contributed by atoms with Crippen molar-refractivity contribution >= 4 is 28.9 Å². The Morgan fingerprint density at radius 1 is 1.19 bits per heavy atom. The van der Waals surface area contributed by atoms with Crippen LogP contribution in [0.3, 0.4) is 0 Å². The van der Waals surface area contributed by atoms with E-state index in [0.29, 0.717) is 23.7 Å². The van der Waals surface area contributed by atoms with E-state index in [1.807, 2.05) is 30.3 Å². The zero-order valence-corrected chi connectivity index (χ0v) is 15.0. The summed E-state index contributed by atoms with van der Waals surface area (Å²) in [5, 5.41) is 5.79. The summed E-state index contributed by atoms with van der Waals surface area (Å²) in [4.78, 5) is 25.5. The monoisotopic (exact) mass is 353 g/mol. The first-order valence-electron chi connectivity index (χ1n) is 8.21. The highest BCUT2D eigenvalue weighted by Crippen LogP contribution is 2.28. The molecule has 0 unspecified atom stereocenters. The lowest BCUT2D eigenvalue weighted by Gasteiger charge is -2.22. The van der Waals surface area contributed by atoms with Gasteiger partial charge in [0.2, 0.25) is 11.8 Å². The van der Waals surface area contributed by atoms with Gasteiger partial charge in [0.1, 0.15) is 5.75 Å². The largest absolute Gasteiger partial charge is 0.495 e. The molecule has 0 saturated heterocycles. The van der Waals surface area contributed by atoms with Gasteiger partial charge in [-0.1, -0.05) is 24.3 Å². The van der Waals surface area contributed by atoms with E-state index < -0.39 is 0 Å². The van der Waals surface area contributed by atoms with Crippen molar-refractivity contribution in [3.63, 3.8) is 0 Å². The van der Waals surface area contributed by atoms with Crippen molar-refractivity contribution in [2.45, 2.75) is 6.92 Å². The number of nitrogens with one attached hydrogen (secondary N) is 2. The Kier molecular flexibility index (Phi) is 6.79. The van der Waals surface area contributed by atoms with Crippen LogP contribution in [0.1, 0.15) is 6.92 Å². The number of rotatable bonds is 8. The van der Waals surface area contributed by atoms with E-state index in [4.69, 9.17) is 4.74 Å². The van der Waals surface area contributed by atoms with Crippen molar-refractivity contribution < 1.29 is 14.3 Å². The molecule has 2 amide bonds. The SMILES string of the molecule is C=CCN(C(=O)CNc1cc(NC(C)=O)ccc1OC)c1ccccc1. The van der Waals surface area contributed by atoms with Crippen LogP contribution < -0.4 is 20.3 Å². The third-order valence-corrected chi connectivity index (χ3v) is 3.63. The molecule has 0 radical (unpaired) electrons. The minimum absolute atomic E-state index is 0.0720. The number of methoxy groups -OCH3 is 1. The Labute approximate surface area is 153 Å². The average molecular weight is 353 g/mol. The third-order valence-electron chi connectivity index (χ3n) is 3.63. The summed E-state index contributed by atoms with van der Waals surface area (Å²) in [6.07, 6.45) is 1.68. The second-order valence-corrected chi connectivity index (χ2v) is 5.58. The zero-order chi connectivity index (χ0) is 18.9. The highest BCUT2D eigenvalue weighted by Gasteiger charge is 2.15. The van der Waals surface area contributed by atoms with Crippen molar-refractivity contribution in [2.75, 3.05) is 35.7 Å². The maximum atomic E-state index is 12.7. The van der Waals surface area contributed by atoms with Gasteiger partial charge < -0.3 is 20.3 Å². The molecule has 6 nitrogen and oxygen atoms in total.